The minimum atomic E-state index is -0.387. The summed E-state index contributed by atoms with van der Waals surface area (Å²) in [6, 6.07) is 5.32. The number of carbonyl (C=O) groups is 1. The van der Waals surface area contributed by atoms with Crippen LogP contribution in [0.3, 0.4) is 0 Å². The molecule has 0 saturated heterocycles. The third-order valence-electron chi connectivity index (χ3n) is 3.46. The van der Waals surface area contributed by atoms with Crippen LogP contribution in [-0.4, -0.2) is 51.6 Å². The SMILES string of the molecule is COC(=O)N(CCOc1ccc(N)cc1-n1cnnc1)C(C)(C)C. The summed E-state index contributed by atoms with van der Waals surface area (Å²) in [6.45, 7) is 6.52. The van der Waals surface area contributed by atoms with Crippen LogP contribution in [0.25, 0.3) is 5.69 Å². The van der Waals surface area contributed by atoms with Gasteiger partial charge in [-0.3, -0.25) is 9.47 Å². The van der Waals surface area contributed by atoms with E-state index in [2.05, 4.69) is 10.2 Å². The first kappa shape index (κ1) is 17.6. The van der Waals surface area contributed by atoms with Gasteiger partial charge < -0.3 is 15.2 Å². The Bertz CT molecular complexity index is 680. The Morgan fingerprint density at radius 2 is 1.96 bits per heavy atom. The Hall–Kier alpha value is -2.77. The van der Waals surface area contributed by atoms with Crippen molar-refractivity contribution in [3.63, 3.8) is 0 Å². The van der Waals surface area contributed by atoms with Crippen molar-refractivity contribution < 1.29 is 14.3 Å². The molecule has 130 valence electrons. The lowest BCUT2D eigenvalue weighted by molar-refractivity contribution is 0.0745. The lowest BCUT2D eigenvalue weighted by atomic mass is 10.1. The zero-order valence-electron chi connectivity index (χ0n) is 14.4. The van der Waals surface area contributed by atoms with Crippen LogP contribution >= 0.6 is 0 Å². The molecule has 0 aliphatic heterocycles. The number of hydrogen-bond donors (Lipinski definition) is 1. The number of methoxy groups -OCH3 is 1. The lowest BCUT2D eigenvalue weighted by Gasteiger charge is -2.34. The van der Waals surface area contributed by atoms with Crippen molar-refractivity contribution in [1.82, 2.24) is 19.7 Å². The number of nitrogen functional groups attached to an aromatic ring is 1. The molecule has 2 aromatic rings. The van der Waals surface area contributed by atoms with Gasteiger partial charge in [0.15, 0.2) is 0 Å². The molecule has 1 heterocycles. The van der Waals surface area contributed by atoms with Gasteiger partial charge in [0, 0.05) is 11.2 Å². The minimum Gasteiger partial charge on any atom is -0.490 e. The van der Waals surface area contributed by atoms with Gasteiger partial charge in [0.1, 0.15) is 25.0 Å². The molecule has 0 fully saturated rings. The first-order valence-corrected chi connectivity index (χ1v) is 7.56. The van der Waals surface area contributed by atoms with Crippen molar-refractivity contribution in [3.8, 4) is 11.4 Å². The van der Waals surface area contributed by atoms with Crippen LogP contribution in [0.15, 0.2) is 30.9 Å². The van der Waals surface area contributed by atoms with Crippen molar-refractivity contribution in [2.45, 2.75) is 26.3 Å². The molecular formula is C16H23N5O3. The van der Waals surface area contributed by atoms with E-state index in [1.54, 1.807) is 40.3 Å². The van der Waals surface area contributed by atoms with Gasteiger partial charge >= 0.3 is 6.09 Å². The number of hydrogen-bond acceptors (Lipinski definition) is 6. The molecule has 0 spiro atoms. The summed E-state index contributed by atoms with van der Waals surface area (Å²) < 4.78 is 12.4. The summed E-state index contributed by atoms with van der Waals surface area (Å²) in [5.41, 5.74) is 6.82. The van der Waals surface area contributed by atoms with Gasteiger partial charge in [-0.2, -0.15) is 0 Å². The monoisotopic (exact) mass is 333 g/mol. The van der Waals surface area contributed by atoms with Crippen LogP contribution in [0.1, 0.15) is 20.8 Å². The number of nitrogens with two attached hydrogens (primary N) is 1. The van der Waals surface area contributed by atoms with Crippen LogP contribution < -0.4 is 10.5 Å². The topological polar surface area (TPSA) is 95.5 Å². The average Bonchev–Trinajstić information content (AvgIpc) is 3.05. The maximum absolute atomic E-state index is 11.9. The minimum absolute atomic E-state index is 0.311. The summed E-state index contributed by atoms with van der Waals surface area (Å²) in [4.78, 5) is 13.5. The number of nitrogens with zero attached hydrogens (tertiary/aromatic N) is 4. The summed E-state index contributed by atoms with van der Waals surface area (Å²) >= 11 is 0. The van der Waals surface area contributed by atoms with Crippen molar-refractivity contribution in [3.05, 3.63) is 30.9 Å². The van der Waals surface area contributed by atoms with E-state index >= 15 is 0 Å². The van der Waals surface area contributed by atoms with E-state index in [9.17, 15) is 4.79 Å². The summed E-state index contributed by atoms with van der Waals surface area (Å²) in [6.07, 6.45) is 2.75. The predicted molar refractivity (Wildman–Crippen MR) is 90.1 cm³/mol. The molecule has 8 heteroatoms. The normalized spacial score (nSPS) is 11.2. The van der Waals surface area contributed by atoms with Crippen molar-refractivity contribution in [2.75, 3.05) is 26.0 Å². The quantitative estimate of drug-likeness (QED) is 0.842. The third-order valence-corrected chi connectivity index (χ3v) is 3.46. The van der Waals surface area contributed by atoms with Crippen LogP contribution in [0, 0.1) is 0 Å². The number of benzene rings is 1. The van der Waals surface area contributed by atoms with Gasteiger partial charge in [-0.1, -0.05) is 0 Å². The smallest absolute Gasteiger partial charge is 0.410 e. The fourth-order valence-corrected chi connectivity index (χ4v) is 2.24. The van der Waals surface area contributed by atoms with E-state index in [0.29, 0.717) is 24.6 Å². The zero-order chi connectivity index (χ0) is 17.7. The van der Waals surface area contributed by atoms with Crippen LogP contribution in [0.5, 0.6) is 5.75 Å². The van der Waals surface area contributed by atoms with Crippen molar-refractivity contribution >= 4 is 11.8 Å². The Morgan fingerprint density at radius 1 is 1.29 bits per heavy atom. The number of amides is 1. The third kappa shape index (κ3) is 4.15. The highest BCUT2D eigenvalue weighted by molar-refractivity contribution is 5.68. The largest absolute Gasteiger partial charge is 0.490 e. The highest BCUT2D eigenvalue weighted by Gasteiger charge is 2.27. The van der Waals surface area contributed by atoms with Crippen molar-refractivity contribution in [1.29, 1.82) is 0 Å². The molecule has 8 nitrogen and oxygen atoms in total. The molecule has 24 heavy (non-hydrogen) atoms. The predicted octanol–water partition coefficient (Wildman–Crippen LogP) is 2.10. The summed E-state index contributed by atoms with van der Waals surface area (Å²) in [7, 11) is 1.37. The van der Waals surface area contributed by atoms with E-state index in [1.165, 1.54) is 7.11 Å². The standard InChI is InChI=1S/C16H23N5O3/c1-16(2,3)21(15(22)23-4)7-8-24-14-6-5-12(17)9-13(14)20-10-18-19-11-20/h5-6,9-11H,7-8,17H2,1-4H3. The molecule has 0 saturated carbocycles. The van der Waals surface area contributed by atoms with E-state index < -0.39 is 0 Å². The molecule has 0 radical (unpaired) electrons. The molecule has 0 aliphatic carbocycles. The highest BCUT2D eigenvalue weighted by Crippen LogP contribution is 2.25. The molecule has 0 bridgehead atoms. The average molecular weight is 333 g/mol. The highest BCUT2D eigenvalue weighted by atomic mass is 16.5. The first-order chi connectivity index (χ1) is 11.3. The maximum Gasteiger partial charge on any atom is 0.410 e. The fraction of sp³-hybridized carbons (Fsp3) is 0.438. The van der Waals surface area contributed by atoms with Gasteiger partial charge in [0.05, 0.1) is 19.3 Å². The number of carbonyl (C=O) groups excluding carboxylic acids is 1. The first-order valence-electron chi connectivity index (χ1n) is 7.56. The van der Waals surface area contributed by atoms with E-state index in [4.69, 9.17) is 15.2 Å². The number of aromatic nitrogens is 3. The van der Waals surface area contributed by atoms with Crippen LogP contribution in [0.4, 0.5) is 10.5 Å². The maximum atomic E-state index is 11.9. The second-order valence-corrected chi connectivity index (χ2v) is 6.24. The Morgan fingerprint density at radius 3 is 2.54 bits per heavy atom. The van der Waals surface area contributed by atoms with Crippen molar-refractivity contribution in [2.24, 2.45) is 0 Å². The van der Waals surface area contributed by atoms with Crippen LogP contribution in [-0.2, 0) is 4.74 Å². The number of ether oxygens (including phenoxy) is 2. The van der Waals surface area contributed by atoms with Gasteiger partial charge in [-0.15, -0.1) is 10.2 Å². The molecule has 0 atom stereocenters. The summed E-state index contributed by atoms with van der Waals surface area (Å²) in [5.74, 6) is 0.628. The second-order valence-electron chi connectivity index (χ2n) is 6.24. The molecule has 1 aromatic heterocycles. The summed E-state index contributed by atoms with van der Waals surface area (Å²) in [5, 5.41) is 7.58. The molecule has 2 rings (SSSR count). The van der Waals surface area contributed by atoms with E-state index in [0.717, 1.165) is 5.69 Å². The van der Waals surface area contributed by atoms with E-state index in [1.807, 2.05) is 20.8 Å². The molecule has 1 amide bonds. The Balaban J connectivity index is 2.11. The lowest BCUT2D eigenvalue weighted by Crippen LogP contribution is -2.47. The number of anilines is 1. The molecule has 0 aliphatic rings. The fourth-order valence-electron chi connectivity index (χ4n) is 2.24. The Labute approximate surface area is 141 Å². The van der Waals surface area contributed by atoms with Gasteiger partial charge in [-0.25, -0.2) is 4.79 Å². The van der Waals surface area contributed by atoms with E-state index in [-0.39, 0.29) is 11.6 Å². The molecule has 2 N–H and O–H groups in total. The van der Waals surface area contributed by atoms with Gasteiger partial charge in [-0.05, 0) is 39.0 Å². The second kappa shape index (κ2) is 7.20. The van der Waals surface area contributed by atoms with Gasteiger partial charge in [0.25, 0.3) is 0 Å². The zero-order valence-corrected chi connectivity index (χ0v) is 14.4. The molecular weight excluding hydrogens is 310 g/mol. The molecule has 1 aromatic carbocycles. The van der Waals surface area contributed by atoms with Crippen LogP contribution in [0.2, 0.25) is 0 Å². The number of rotatable bonds is 5. The molecule has 0 unspecified atom stereocenters. The van der Waals surface area contributed by atoms with Gasteiger partial charge in [0.2, 0.25) is 0 Å². The Kier molecular flexibility index (Phi) is 5.28.